The molecule has 4 bridgehead atoms. The first-order valence-corrected chi connectivity index (χ1v) is 7.88. The van der Waals surface area contributed by atoms with Crippen LogP contribution >= 0.6 is 0 Å². The van der Waals surface area contributed by atoms with Gasteiger partial charge in [-0.05, 0) is 13.8 Å². The molecule has 0 aromatic heterocycles. The number of alkyl halides is 14. The van der Waals surface area contributed by atoms with Crippen molar-refractivity contribution in [3.8, 4) is 0 Å². The Bertz CT molecular complexity index is 704. The molecule has 0 aromatic carbocycles. The van der Waals surface area contributed by atoms with Crippen molar-refractivity contribution in [3.05, 3.63) is 0 Å². The monoisotopic (exact) mass is 476 g/mol. The number of hydrogen-bond donors (Lipinski definition) is 1. The van der Waals surface area contributed by atoms with Crippen molar-refractivity contribution in [2.75, 3.05) is 6.61 Å². The summed E-state index contributed by atoms with van der Waals surface area (Å²) in [5.74, 6) is -37.2. The zero-order valence-corrected chi connectivity index (χ0v) is 14.4. The molecule has 0 aliphatic heterocycles. The van der Waals surface area contributed by atoms with Crippen LogP contribution in [0.5, 0.6) is 0 Å². The Morgan fingerprint density at radius 1 is 0.567 bits per heavy atom. The number of rotatable bonds is 3. The molecule has 4 aliphatic carbocycles. The third-order valence-electron chi connectivity index (χ3n) is 6.25. The van der Waals surface area contributed by atoms with Crippen molar-refractivity contribution in [3.63, 3.8) is 0 Å². The summed E-state index contributed by atoms with van der Waals surface area (Å²) >= 11 is 0. The molecule has 2 nitrogen and oxygen atoms in total. The van der Waals surface area contributed by atoms with Gasteiger partial charge in [0, 0.05) is 0 Å². The molecule has 1 atom stereocenters. The Kier molecular flexibility index (Phi) is 3.90. The van der Waals surface area contributed by atoms with Crippen LogP contribution in [0.25, 0.3) is 0 Å². The van der Waals surface area contributed by atoms with Gasteiger partial charge in [-0.15, -0.1) is 0 Å². The van der Waals surface area contributed by atoms with E-state index in [1.54, 1.807) is 0 Å². The summed E-state index contributed by atoms with van der Waals surface area (Å²) in [7, 11) is 0. The van der Waals surface area contributed by atoms with Crippen molar-refractivity contribution < 1.29 is 71.3 Å². The van der Waals surface area contributed by atoms with Gasteiger partial charge in [0.1, 0.15) is 0 Å². The van der Waals surface area contributed by atoms with Gasteiger partial charge in [0.2, 0.25) is 0 Å². The summed E-state index contributed by atoms with van der Waals surface area (Å²) in [6, 6.07) is 0. The van der Waals surface area contributed by atoms with Gasteiger partial charge in [-0.2, -0.15) is 43.9 Å². The van der Waals surface area contributed by atoms with Gasteiger partial charge in [0.05, 0.1) is 12.7 Å². The third-order valence-corrected chi connectivity index (χ3v) is 6.25. The minimum atomic E-state index is -7.70. The lowest BCUT2D eigenvalue weighted by atomic mass is 9.37. The molecule has 0 aromatic rings. The number of halogens is 14. The van der Waals surface area contributed by atoms with Crippen molar-refractivity contribution in [2.45, 2.75) is 77.8 Å². The third kappa shape index (κ3) is 1.42. The van der Waals surface area contributed by atoms with E-state index in [-0.39, 0.29) is 0 Å². The van der Waals surface area contributed by atoms with Crippen LogP contribution in [0.1, 0.15) is 13.8 Å². The van der Waals surface area contributed by atoms with E-state index in [4.69, 9.17) is 5.11 Å². The maximum Gasteiger partial charge on any atom is 0.339 e. The molecule has 0 amide bonds. The van der Waals surface area contributed by atoms with Gasteiger partial charge in [-0.3, -0.25) is 0 Å². The van der Waals surface area contributed by atoms with Crippen molar-refractivity contribution in [1.82, 2.24) is 0 Å². The quantitative estimate of drug-likeness (QED) is 0.620. The van der Waals surface area contributed by atoms with Crippen LogP contribution in [0.4, 0.5) is 61.5 Å². The van der Waals surface area contributed by atoms with E-state index in [9.17, 15) is 52.7 Å². The summed E-state index contributed by atoms with van der Waals surface area (Å²) < 4.78 is 207. The fourth-order valence-corrected chi connectivity index (χ4v) is 4.69. The van der Waals surface area contributed by atoms with Gasteiger partial charge in [0.25, 0.3) is 11.3 Å². The Labute approximate surface area is 157 Å². The molecule has 1 unspecified atom stereocenters. The van der Waals surface area contributed by atoms with Gasteiger partial charge in [-0.1, -0.05) is 0 Å². The minimum absolute atomic E-state index is 0.587. The van der Waals surface area contributed by atoms with E-state index < -0.39 is 77.5 Å². The molecule has 4 saturated carbocycles. The topological polar surface area (TPSA) is 29.5 Å². The molecule has 0 radical (unpaired) electrons. The maximum absolute atomic E-state index is 15.3. The fraction of sp³-hybridized carbons (Fsp3) is 1.00. The van der Waals surface area contributed by atoms with Crippen LogP contribution < -0.4 is 0 Å². The van der Waals surface area contributed by atoms with E-state index in [1.807, 2.05) is 0 Å². The Morgan fingerprint density at radius 2 is 0.800 bits per heavy atom. The van der Waals surface area contributed by atoms with Gasteiger partial charge < -0.3 is 9.84 Å². The lowest BCUT2D eigenvalue weighted by molar-refractivity contribution is -0.601. The Hall–Kier alpha value is -1.06. The molecule has 16 heteroatoms. The first-order valence-electron chi connectivity index (χ1n) is 7.88. The van der Waals surface area contributed by atoms with Crippen molar-refractivity contribution in [2.24, 2.45) is 0 Å². The summed E-state index contributed by atoms with van der Waals surface area (Å²) in [6.45, 7) is -2.12. The van der Waals surface area contributed by atoms with E-state index >= 15 is 8.78 Å². The fourth-order valence-electron chi connectivity index (χ4n) is 4.69. The normalized spacial score (nSPS) is 52.3. The van der Waals surface area contributed by atoms with Crippen LogP contribution in [0, 0.1) is 0 Å². The molecule has 0 heterocycles. The lowest BCUT2D eigenvalue weighted by Crippen LogP contribution is -3.09. The summed E-state index contributed by atoms with van der Waals surface area (Å²) in [5, 5.41) is 9.01. The zero-order chi connectivity index (χ0) is 24.0. The Morgan fingerprint density at radius 3 is 1.03 bits per heavy atom. The SMILES string of the molecule is CC(O)COC1(C)C2(F)C(F)(F)C3(F)C(F)(F)C(F)(C2(F)F)C(F)(F)C1(F)C3(F)F. The number of ether oxygens (including phenoxy) is 1. The summed E-state index contributed by atoms with van der Waals surface area (Å²) in [5.41, 5.74) is -34.2. The highest BCUT2D eigenvalue weighted by Crippen LogP contribution is 2.88. The first kappa shape index (κ1) is 23.6. The van der Waals surface area contributed by atoms with Crippen molar-refractivity contribution >= 4 is 0 Å². The highest BCUT2D eigenvalue weighted by molar-refractivity contribution is 5.55. The zero-order valence-electron chi connectivity index (χ0n) is 14.4. The average Bonchev–Trinajstić information content (AvgIpc) is 2.58. The van der Waals surface area contributed by atoms with E-state index in [0.29, 0.717) is 6.92 Å². The second kappa shape index (κ2) is 4.96. The average molecular weight is 476 g/mol. The van der Waals surface area contributed by atoms with Crippen LogP contribution in [0.3, 0.4) is 0 Å². The number of aliphatic hydroxyl groups excluding tert-OH is 1. The van der Waals surface area contributed by atoms with Crippen LogP contribution in [-0.2, 0) is 4.74 Å². The molecule has 4 fully saturated rings. The minimum Gasteiger partial charge on any atom is -0.391 e. The lowest BCUT2D eigenvalue weighted by Gasteiger charge is -2.76. The molecule has 0 spiro atoms. The van der Waals surface area contributed by atoms with Crippen LogP contribution in [-0.4, -0.2) is 75.7 Å². The Balaban J connectivity index is 2.61. The van der Waals surface area contributed by atoms with Crippen LogP contribution in [0.15, 0.2) is 0 Å². The van der Waals surface area contributed by atoms with E-state index in [1.165, 1.54) is 0 Å². The second-order valence-electron chi connectivity index (χ2n) is 7.70. The molecule has 4 aliphatic rings. The van der Waals surface area contributed by atoms with Gasteiger partial charge in [0.15, 0.2) is 5.60 Å². The number of hydrogen-bond acceptors (Lipinski definition) is 2. The number of aliphatic hydroxyl groups is 1. The maximum atomic E-state index is 15.3. The summed E-state index contributed by atoms with van der Waals surface area (Å²) in [6.07, 6.45) is -2.11. The molecule has 0 saturated heterocycles. The highest BCUT2D eigenvalue weighted by atomic mass is 19.3. The molecular weight excluding hydrogens is 466 g/mol. The second-order valence-corrected chi connectivity index (χ2v) is 7.70. The van der Waals surface area contributed by atoms with Crippen LogP contribution in [0.2, 0.25) is 0 Å². The summed E-state index contributed by atoms with van der Waals surface area (Å²) in [4.78, 5) is 0. The smallest absolute Gasteiger partial charge is 0.339 e. The largest absolute Gasteiger partial charge is 0.391 e. The van der Waals surface area contributed by atoms with Gasteiger partial charge >= 0.3 is 41.0 Å². The van der Waals surface area contributed by atoms with E-state index in [0.717, 1.165) is 0 Å². The molecular formula is C14H10F14O2. The van der Waals surface area contributed by atoms with Gasteiger partial charge in [-0.25, -0.2) is 17.6 Å². The molecule has 30 heavy (non-hydrogen) atoms. The first-order chi connectivity index (χ1) is 12.9. The highest BCUT2D eigenvalue weighted by Gasteiger charge is 3.21. The molecule has 4 rings (SSSR count). The molecule has 1 N–H and O–H groups in total. The molecule has 176 valence electrons. The standard InChI is InChI=1S/C14H10F14O2/c1-4(29)3-30-5(2)6(15)10(19,20)8(17)12(23,24)7(5,16)13(25,26)9(18,11(6,21)22)14(8,27)28/h4,29H,3H2,1-2H3. The predicted molar refractivity (Wildman–Crippen MR) is 66.1 cm³/mol. The predicted octanol–water partition coefficient (Wildman–Crippen LogP) is 4.19. The van der Waals surface area contributed by atoms with Crippen molar-refractivity contribution in [1.29, 1.82) is 0 Å². The van der Waals surface area contributed by atoms with E-state index in [2.05, 4.69) is 4.74 Å².